The summed E-state index contributed by atoms with van der Waals surface area (Å²) in [6.45, 7) is 8.18. The van der Waals surface area contributed by atoms with Crippen molar-refractivity contribution in [3.63, 3.8) is 0 Å². The van der Waals surface area contributed by atoms with E-state index in [0.717, 1.165) is 39.4 Å². The van der Waals surface area contributed by atoms with Gasteiger partial charge in [0.25, 0.3) is 0 Å². The Morgan fingerprint density at radius 3 is 2.67 bits per heavy atom. The van der Waals surface area contributed by atoms with Gasteiger partial charge in [-0.2, -0.15) is 11.8 Å². The molecule has 2 saturated heterocycles. The fourth-order valence-electron chi connectivity index (χ4n) is 3.09. The summed E-state index contributed by atoms with van der Waals surface area (Å²) in [5.74, 6) is 1.33. The highest BCUT2D eigenvalue weighted by Gasteiger charge is 2.28. The normalized spacial score (nSPS) is 26.2. The Morgan fingerprint density at radius 2 is 2.00 bits per heavy atom. The third-order valence-corrected chi connectivity index (χ3v) is 5.98. The summed E-state index contributed by atoms with van der Waals surface area (Å²) in [4.78, 5) is 2.40. The van der Waals surface area contributed by atoms with Gasteiger partial charge in [0, 0.05) is 36.6 Å². The molecule has 1 unspecified atom stereocenters. The smallest absolute Gasteiger partial charge is 0.0642 e. The molecule has 2 fully saturated rings. The van der Waals surface area contributed by atoms with Gasteiger partial charge in [0.15, 0.2) is 0 Å². The molecule has 0 spiro atoms. The van der Waals surface area contributed by atoms with Gasteiger partial charge in [-0.3, -0.25) is 0 Å². The Balaban J connectivity index is 1.47. The van der Waals surface area contributed by atoms with E-state index in [1.165, 1.54) is 29.8 Å². The summed E-state index contributed by atoms with van der Waals surface area (Å²) in [5, 5.41) is 3.63. The van der Waals surface area contributed by atoms with E-state index in [-0.39, 0.29) is 0 Å². The van der Waals surface area contributed by atoms with E-state index in [4.69, 9.17) is 4.74 Å². The minimum atomic E-state index is 0.452. The molecule has 4 heteroatoms. The van der Waals surface area contributed by atoms with Crippen molar-refractivity contribution in [3.05, 3.63) is 29.8 Å². The first-order chi connectivity index (χ1) is 10.3. The molecule has 0 radical (unpaired) electrons. The Hall–Kier alpha value is -0.710. The molecule has 3 rings (SSSR count). The lowest BCUT2D eigenvalue weighted by atomic mass is 10.1. The van der Waals surface area contributed by atoms with Crippen molar-refractivity contribution in [2.45, 2.75) is 31.1 Å². The molecular formula is C17H26N2OS. The van der Waals surface area contributed by atoms with E-state index >= 15 is 0 Å². The number of benzene rings is 1. The standard InChI is InChI=1S/C17H26N2OS/c1-17(7-2-12-21-17)14-18-13-15-3-5-16(6-4-15)19-8-10-20-11-9-19/h3-6,18H,2,7-14H2,1H3. The van der Waals surface area contributed by atoms with Gasteiger partial charge in [0.1, 0.15) is 0 Å². The molecule has 1 aromatic carbocycles. The molecule has 0 saturated carbocycles. The first-order valence-corrected chi connectivity index (χ1v) is 9.00. The van der Waals surface area contributed by atoms with Gasteiger partial charge in [-0.1, -0.05) is 12.1 Å². The zero-order valence-electron chi connectivity index (χ0n) is 12.9. The maximum atomic E-state index is 5.40. The third-order valence-electron chi connectivity index (χ3n) is 4.44. The van der Waals surface area contributed by atoms with Crippen molar-refractivity contribution in [1.29, 1.82) is 0 Å². The molecule has 2 heterocycles. The van der Waals surface area contributed by atoms with Crippen molar-refractivity contribution in [3.8, 4) is 0 Å². The molecule has 2 aliphatic heterocycles. The van der Waals surface area contributed by atoms with Crippen LogP contribution in [0.2, 0.25) is 0 Å². The quantitative estimate of drug-likeness (QED) is 0.904. The number of thioether (sulfide) groups is 1. The van der Waals surface area contributed by atoms with Crippen molar-refractivity contribution in [2.24, 2.45) is 0 Å². The van der Waals surface area contributed by atoms with Crippen LogP contribution < -0.4 is 10.2 Å². The first kappa shape index (κ1) is 15.2. The topological polar surface area (TPSA) is 24.5 Å². The summed E-state index contributed by atoms with van der Waals surface area (Å²) in [5.41, 5.74) is 2.69. The number of hydrogen-bond donors (Lipinski definition) is 1. The molecule has 1 atom stereocenters. The molecule has 2 aliphatic rings. The zero-order chi connectivity index (χ0) is 14.5. The lowest BCUT2D eigenvalue weighted by Gasteiger charge is -2.29. The summed E-state index contributed by atoms with van der Waals surface area (Å²) in [6, 6.07) is 8.99. The van der Waals surface area contributed by atoms with Crippen LogP contribution in [0.3, 0.4) is 0 Å². The second kappa shape index (κ2) is 7.03. The number of hydrogen-bond acceptors (Lipinski definition) is 4. The molecule has 1 N–H and O–H groups in total. The molecule has 0 aromatic heterocycles. The molecular weight excluding hydrogens is 280 g/mol. The van der Waals surface area contributed by atoms with Gasteiger partial charge < -0.3 is 15.0 Å². The van der Waals surface area contributed by atoms with Crippen LogP contribution >= 0.6 is 11.8 Å². The van der Waals surface area contributed by atoms with Crippen molar-refractivity contribution in [1.82, 2.24) is 5.32 Å². The third kappa shape index (κ3) is 4.15. The first-order valence-electron chi connectivity index (χ1n) is 8.02. The van der Waals surface area contributed by atoms with Crippen LogP contribution in [0.5, 0.6) is 0 Å². The number of rotatable bonds is 5. The highest BCUT2D eigenvalue weighted by atomic mass is 32.2. The minimum Gasteiger partial charge on any atom is -0.378 e. The zero-order valence-corrected chi connectivity index (χ0v) is 13.8. The van der Waals surface area contributed by atoms with Crippen LogP contribution in [0, 0.1) is 0 Å². The predicted octanol–water partition coefficient (Wildman–Crippen LogP) is 2.90. The fraction of sp³-hybridized carbons (Fsp3) is 0.647. The molecule has 3 nitrogen and oxygen atoms in total. The van der Waals surface area contributed by atoms with Gasteiger partial charge in [0.05, 0.1) is 13.2 Å². The Kier molecular flexibility index (Phi) is 5.09. The average Bonchev–Trinajstić information content (AvgIpc) is 2.96. The monoisotopic (exact) mass is 306 g/mol. The van der Waals surface area contributed by atoms with Crippen LogP contribution in [-0.2, 0) is 11.3 Å². The second-order valence-electron chi connectivity index (χ2n) is 6.27. The van der Waals surface area contributed by atoms with Crippen LogP contribution in [0.4, 0.5) is 5.69 Å². The van der Waals surface area contributed by atoms with E-state index in [2.05, 4.69) is 53.2 Å². The van der Waals surface area contributed by atoms with E-state index in [1.54, 1.807) is 0 Å². The maximum Gasteiger partial charge on any atom is 0.0642 e. The Bertz CT molecular complexity index is 437. The molecule has 21 heavy (non-hydrogen) atoms. The highest BCUT2D eigenvalue weighted by molar-refractivity contribution is 8.00. The fourth-order valence-corrected chi connectivity index (χ4v) is 4.37. The van der Waals surface area contributed by atoms with Crippen LogP contribution in [0.1, 0.15) is 25.3 Å². The summed E-state index contributed by atoms with van der Waals surface area (Å²) in [6.07, 6.45) is 2.72. The number of nitrogens with one attached hydrogen (secondary N) is 1. The summed E-state index contributed by atoms with van der Waals surface area (Å²) < 4.78 is 5.85. The van der Waals surface area contributed by atoms with Crippen molar-refractivity contribution >= 4 is 17.4 Å². The summed E-state index contributed by atoms with van der Waals surface area (Å²) in [7, 11) is 0. The molecule has 0 amide bonds. The van der Waals surface area contributed by atoms with Gasteiger partial charge in [-0.05, 0) is 43.2 Å². The molecule has 1 aromatic rings. The van der Waals surface area contributed by atoms with Crippen LogP contribution in [0.15, 0.2) is 24.3 Å². The van der Waals surface area contributed by atoms with E-state index in [1.807, 2.05) is 0 Å². The van der Waals surface area contributed by atoms with Crippen molar-refractivity contribution < 1.29 is 4.74 Å². The largest absolute Gasteiger partial charge is 0.378 e. The maximum absolute atomic E-state index is 5.40. The number of morpholine rings is 1. The lowest BCUT2D eigenvalue weighted by Crippen LogP contribution is -2.36. The van der Waals surface area contributed by atoms with Gasteiger partial charge in [0.2, 0.25) is 0 Å². The minimum absolute atomic E-state index is 0.452. The number of nitrogens with zero attached hydrogens (tertiary/aromatic N) is 1. The SMILES string of the molecule is CC1(CNCc2ccc(N3CCOCC3)cc2)CCCS1. The van der Waals surface area contributed by atoms with Crippen LogP contribution in [-0.4, -0.2) is 43.3 Å². The number of anilines is 1. The Labute approximate surface area is 132 Å². The predicted molar refractivity (Wildman–Crippen MR) is 91.3 cm³/mol. The van der Waals surface area contributed by atoms with Crippen LogP contribution in [0.25, 0.3) is 0 Å². The van der Waals surface area contributed by atoms with Gasteiger partial charge in [-0.15, -0.1) is 0 Å². The molecule has 0 aliphatic carbocycles. The second-order valence-corrected chi connectivity index (χ2v) is 7.95. The molecule has 116 valence electrons. The Morgan fingerprint density at radius 1 is 1.24 bits per heavy atom. The average molecular weight is 306 g/mol. The highest BCUT2D eigenvalue weighted by Crippen LogP contribution is 2.36. The lowest BCUT2D eigenvalue weighted by molar-refractivity contribution is 0.122. The van der Waals surface area contributed by atoms with Crippen molar-refractivity contribution in [2.75, 3.05) is 43.5 Å². The van der Waals surface area contributed by atoms with E-state index in [0.29, 0.717) is 4.75 Å². The van der Waals surface area contributed by atoms with E-state index in [9.17, 15) is 0 Å². The van der Waals surface area contributed by atoms with E-state index < -0.39 is 0 Å². The van der Waals surface area contributed by atoms with Gasteiger partial charge in [-0.25, -0.2) is 0 Å². The van der Waals surface area contributed by atoms with Gasteiger partial charge >= 0.3 is 0 Å². The summed E-state index contributed by atoms with van der Waals surface area (Å²) >= 11 is 2.12. The number of ether oxygens (including phenoxy) is 1. The molecule has 0 bridgehead atoms.